The van der Waals surface area contributed by atoms with Crippen LogP contribution >= 0.6 is 0 Å². The van der Waals surface area contributed by atoms with Crippen LogP contribution in [0.1, 0.15) is 26.2 Å². The molecule has 0 aromatic rings. The number of rotatable bonds is 7. The number of carbonyl (C=O) groups is 3. The molecule has 0 spiro atoms. The predicted molar refractivity (Wildman–Crippen MR) is 57.0 cm³/mol. The molecule has 0 amide bonds. The zero-order chi connectivity index (χ0) is 13.7. The van der Waals surface area contributed by atoms with Crippen LogP contribution in [0, 0.1) is 0 Å². The molecule has 98 valence electrons. The Hall–Kier alpha value is -1.99. The van der Waals surface area contributed by atoms with Gasteiger partial charge in [-0.3, -0.25) is 14.4 Å². The summed E-state index contributed by atoms with van der Waals surface area (Å²) in [6.07, 6.45) is 2.08. The molecular weight excluding hydrogens is 232 g/mol. The lowest BCUT2D eigenvalue weighted by molar-refractivity contribution is -0.137. The van der Waals surface area contributed by atoms with Crippen LogP contribution in [0.4, 0.5) is 0 Å². The Bertz CT molecular complexity index is 259. The van der Waals surface area contributed by atoms with E-state index < -0.39 is 31.0 Å². The van der Waals surface area contributed by atoms with E-state index in [-0.39, 0.29) is 0 Å². The summed E-state index contributed by atoms with van der Waals surface area (Å²) in [5.74, 6) is -2.95. The number of carboxylic acid groups (broad SMARTS) is 3. The van der Waals surface area contributed by atoms with Crippen LogP contribution in [0.15, 0.2) is 10.2 Å². The molecule has 0 saturated heterocycles. The van der Waals surface area contributed by atoms with E-state index in [9.17, 15) is 14.4 Å². The van der Waals surface area contributed by atoms with Crippen LogP contribution in [0.5, 0.6) is 0 Å². The maximum Gasteiger partial charge on any atom is 0.327 e. The summed E-state index contributed by atoms with van der Waals surface area (Å²) in [5.41, 5.74) is 0. The molecule has 17 heavy (non-hydrogen) atoms. The van der Waals surface area contributed by atoms with Crippen molar-refractivity contribution in [2.24, 2.45) is 10.2 Å². The molecule has 0 unspecified atom stereocenters. The van der Waals surface area contributed by atoms with E-state index in [1.54, 1.807) is 0 Å². The van der Waals surface area contributed by atoms with Gasteiger partial charge in [-0.05, 0) is 6.42 Å². The highest BCUT2D eigenvalue weighted by molar-refractivity contribution is 5.70. The largest absolute Gasteiger partial charge is 0.481 e. The van der Waals surface area contributed by atoms with E-state index in [0.29, 0.717) is 6.42 Å². The first-order valence-electron chi connectivity index (χ1n) is 4.88. The Balaban J connectivity index is 0. The number of hydrogen-bond acceptors (Lipinski definition) is 5. The highest BCUT2D eigenvalue weighted by Gasteiger charge is 1.93. The smallest absolute Gasteiger partial charge is 0.327 e. The zero-order valence-corrected chi connectivity index (χ0v) is 9.50. The van der Waals surface area contributed by atoms with Crippen LogP contribution < -0.4 is 0 Å². The van der Waals surface area contributed by atoms with Gasteiger partial charge >= 0.3 is 17.9 Å². The highest BCUT2D eigenvalue weighted by Crippen LogP contribution is 1.91. The number of hydrogen-bond donors (Lipinski definition) is 3. The van der Waals surface area contributed by atoms with Crippen molar-refractivity contribution in [2.45, 2.75) is 26.2 Å². The van der Waals surface area contributed by atoms with Crippen molar-refractivity contribution in [1.29, 1.82) is 0 Å². The minimum absolute atomic E-state index is 0.316. The van der Waals surface area contributed by atoms with Gasteiger partial charge in [-0.15, -0.1) is 0 Å². The summed E-state index contributed by atoms with van der Waals surface area (Å²) in [6.45, 7) is 1.02. The third-order valence-electron chi connectivity index (χ3n) is 1.26. The monoisotopic (exact) mass is 248 g/mol. The molecule has 0 aromatic heterocycles. The minimum Gasteiger partial charge on any atom is -0.481 e. The first-order chi connectivity index (χ1) is 7.90. The molecule has 0 saturated carbocycles. The van der Waals surface area contributed by atoms with Crippen molar-refractivity contribution in [3.63, 3.8) is 0 Å². The van der Waals surface area contributed by atoms with Gasteiger partial charge in [0.1, 0.15) is 0 Å². The van der Waals surface area contributed by atoms with Crippen molar-refractivity contribution in [2.75, 3.05) is 13.1 Å². The quantitative estimate of drug-likeness (QED) is 0.571. The van der Waals surface area contributed by atoms with Gasteiger partial charge in [0, 0.05) is 6.42 Å². The molecule has 3 N–H and O–H groups in total. The van der Waals surface area contributed by atoms with Crippen molar-refractivity contribution in [1.82, 2.24) is 0 Å². The second kappa shape index (κ2) is 12.1. The maximum atomic E-state index is 9.76. The van der Waals surface area contributed by atoms with Gasteiger partial charge in [-0.1, -0.05) is 13.3 Å². The lowest BCUT2D eigenvalue weighted by Crippen LogP contribution is -2.01. The van der Waals surface area contributed by atoms with E-state index in [0.717, 1.165) is 12.8 Å². The van der Waals surface area contributed by atoms with Crippen LogP contribution in [0.3, 0.4) is 0 Å². The molecule has 0 aliphatic heterocycles. The molecule has 0 rings (SSSR count). The van der Waals surface area contributed by atoms with Gasteiger partial charge in [0.2, 0.25) is 0 Å². The van der Waals surface area contributed by atoms with E-state index in [1.165, 1.54) is 0 Å². The lowest BCUT2D eigenvalue weighted by atomic mass is 10.3. The Morgan fingerprint density at radius 1 is 0.882 bits per heavy atom. The Kier molecular flexibility index (Phi) is 12.4. The van der Waals surface area contributed by atoms with E-state index >= 15 is 0 Å². The lowest BCUT2D eigenvalue weighted by Gasteiger charge is -1.85. The van der Waals surface area contributed by atoms with Crippen molar-refractivity contribution in [3.05, 3.63) is 0 Å². The minimum atomic E-state index is -1.13. The SMILES string of the molecule is CCCCC(=O)O.O=C(O)CN=NCC(=O)O. The number of unbranched alkanes of at least 4 members (excludes halogenated alkanes) is 1. The summed E-state index contributed by atoms with van der Waals surface area (Å²) >= 11 is 0. The summed E-state index contributed by atoms with van der Waals surface area (Å²) in [7, 11) is 0. The Labute approximate surface area is 98.0 Å². The average molecular weight is 248 g/mol. The molecule has 8 heteroatoms. The van der Waals surface area contributed by atoms with E-state index in [4.69, 9.17) is 15.3 Å². The van der Waals surface area contributed by atoms with Gasteiger partial charge < -0.3 is 15.3 Å². The normalized spacial score (nSPS) is 9.47. The predicted octanol–water partition coefficient (Wildman–Crippen LogP) is 0.869. The van der Waals surface area contributed by atoms with E-state index in [2.05, 4.69) is 10.2 Å². The molecule has 0 aliphatic carbocycles. The van der Waals surface area contributed by atoms with Gasteiger partial charge in [0.25, 0.3) is 0 Å². The van der Waals surface area contributed by atoms with Crippen LogP contribution in [-0.2, 0) is 14.4 Å². The molecule has 0 heterocycles. The molecule has 0 bridgehead atoms. The fourth-order valence-electron chi connectivity index (χ4n) is 0.549. The average Bonchev–Trinajstić information content (AvgIpc) is 2.22. The zero-order valence-electron chi connectivity index (χ0n) is 9.50. The summed E-state index contributed by atoms with van der Waals surface area (Å²) in [4.78, 5) is 29.2. The molecule has 8 nitrogen and oxygen atoms in total. The molecular formula is C9H16N2O6. The molecule has 0 fully saturated rings. The van der Waals surface area contributed by atoms with Crippen molar-refractivity contribution in [3.8, 4) is 0 Å². The second-order valence-electron chi connectivity index (χ2n) is 2.88. The summed E-state index contributed by atoms with van der Waals surface area (Å²) in [5, 5.41) is 30.1. The molecule has 0 aliphatic rings. The van der Waals surface area contributed by atoms with Crippen LogP contribution in [-0.4, -0.2) is 46.3 Å². The number of nitrogens with zero attached hydrogens (tertiary/aromatic N) is 2. The third-order valence-corrected chi connectivity index (χ3v) is 1.26. The van der Waals surface area contributed by atoms with E-state index in [1.807, 2.05) is 6.92 Å². The molecule has 0 aromatic carbocycles. The van der Waals surface area contributed by atoms with Crippen LogP contribution in [0.2, 0.25) is 0 Å². The highest BCUT2D eigenvalue weighted by atomic mass is 16.4. The topological polar surface area (TPSA) is 137 Å². The number of aliphatic carboxylic acids is 3. The number of azo groups is 1. The molecule has 0 radical (unpaired) electrons. The Morgan fingerprint density at radius 2 is 1.29 bits per heavy atom. The summed E-state index contributed by atoms with van der Waals surface area (Å²) < 4.78 is 0. The molecule has 0 atom stereocenters. The van der Waals surface area contributed by atoms with Crippen molar-refractivity contribution >= 4 is 17.9 Å². The van der Waals surface area contributed by atoms with Crippen molar-refractivity contribution < 1.29 is 29.7 Å². The Morgan fingerprint density at radius 3 is 1.47 bits per heavy atom. The van der Waals surface area contributed by atoms with Gasteiger partial charge in [-0.25, -0.2) is 0 Å². The van der Waals surface area contributed by atoms with Gasteiger partial charge in [0.15, 0.2) is 13.1 Å². The fraction of sp³-hybridized carbons (Fsp3) is 0.667. The third kappa shape index (κ3) is 24.9. The van der Waals surface area contributed by atoms with Crippen LogP contribution in [0.25, 0.3) is 0 Å². The maximum absolute atomic E-state index is 9.76. The standard InChI is InChI=1S/C5H10O2.C4H6N2O4/c1-2-3-4-5(6)7;7-3(8)1-5-6-2-4(9)10/h2-4H2,1H3,(H,6,7);1-2H2,(H,7,8)(H,9,10). The van der Waals surface area contributed by atoms with Gasteiger partial charge in [-0.2, -0.15) is 10.2 Å². The number of carboxylic acids is 3. The fourth-order valence-corrected chi connectivity index (χ4v) is 0.549. The second-order valence-corrected chi connectivity index (χ2v) is 2.88. The van der Waals surface area contributed by atoms with Gasteiger partial charge in [0.05, 0.1) is 0 Å². The first-order valence-corrected chi connectivity index (χ1v) is 4.88. The summed E-state index contributed by atoms with van der Waals surface area (Å²) in [6, 6.07) is 0. The first kappa shape index (κ1) is 17.4.